The minimum absolute atomic E-state index is 0.0629. The van der Waals surface area contributed by atoms with Crippen LogP contribution in [0.5, 0.6) is 0 Å². The zero-order chi connectivity index (χ0) is 12.2. The Kier molecular flexibility index (Phi) is 4.73. The number of carbonyl (C=O) groups excluding carboxylic acids is 1. The summed E-state index contributed by atoms with van der Waals surface area (Å²) < 4.78 is 6.01. The summed E-state index contributed by atoms with van der Waals surface area (Å²) in [5.74, 6) is -0.0629. The van der Waals surface area contributed by atoms with Crippen LogP contribution in [0.2, 0.25) is 0 Å². The van der Waals surface area contributed by atoms with E-state index in [-0.39, 0.29) is 11.4 Å². The summed E-state index contributed by atoms with van der Waals surface area (Å²) in [5, 5.41) is 2.95. The van der Waals surface area contributed by atoms with Crippen LogP contribution < -0.4 is 5.32 Å². The molecule has 0 unspecified atom stereocenters. The molecule has 1 aromatic carbocycles. The number of nitrogens with one attached hydrogen (secondary N) is 1. The normalized spacial score (nSPS) is 11.2. The highest BCUT2D eigenvalue weighted by atomic mass is 127. The first kappa shape index (κ1) is 13.4. The second-order valence-corrected chi connectivity index (χ2v) is 5.41. The number of ether oxygens (including phenoxy) is 1. The van der Waals surface area contributed by atoms with Gasteiger partial charge in [0.2, 0.25) is 0 Å². The third-order valence-corrected chi connectivity index (χ3v) is 3.02. The number of benzene rings is 1. The van der Waals surface area contributed by atoms with Crippen LogP contribution in [-0.2, 0) is 4.74 Å². The largest absolute Gasteiger partial charge is 0.382 e. The molecule has 1 N–H and O–H groups in total. The first-order valence-electron chi connectivity index (χ1n) is 5.02. The molecule has 88 valence electrons. The molecule has 0 atom stereocenters. The van der Waals surface area contributed by atoms with Crippen molar-refractivity contribution in [3.05, 3.63) is 33.4 Å². The fourth-order valence-electron chi connectivity index (χ4n) is 1.42. The molecule has 0 radical (unpaired) electrons. The van der Waals surface area contributed by atoms with E-state index in [1.807, 2.05) is 38.1 Å². The van der Waals surface area contributed by atoms with Crippen molar-refractivity contribution in [2.75, 3.05) is 13.7 Å². The van der Waals surface area contributed by atoms with Gasteiger partial charge in [-0.05, 0) is 48.6 Å². The number of carbonyl (C=O) groups is 1. The van der Waals surface area contributed by atoms with Crippen LogP contribution in [-0.4, -0.2) is 25.2 Å². The minimum atomic E-state index is -0.356. The quantitative estimate of drug-likeness (QED) is 0.860. The SMILES string of the molecule is COCC(C)(C)NC(=O)c1ccccc1I. The summed E-state index contributed by atoms with van der Waals surface area (Å²) in [6.45, 7) is 4.36. The molecule has 3 nitrogen and oxygen atoms in total. The van der Waals surface area contributed by atoms with Crippen LogP contribution in [0.4, 0.5) is 0 Å². The lowest BCUT2D eigenvalue weighted by Gasteiger charge is -2.25. The molecule has 1 aromatic rings. The summed E-state index contributed by atoms with van der Waals surface area (Å²) >= 11 is 2.16. The summed E-state index contributed by atoms with van der Waals surface area (Å²) in [4.78, 5) is 12.0. The summed E-state index contributed by atoms with van der Waals surface area (Å²) in [5.41, 5.74) is 0.345. The highest BCUT2D eigenvalue weighted by Gasteiger charge is 2.21. The van der Waals surface area contributed by atoms with Gasteiger partial charge in [-0.1, -0.05) is 12.1 Å². The first-order valence-corrected chi connectivity index (χ1v) is 6.10. The maximum Gasteiger partial charge on any atom is 0.252 e. The van der Waals surface area contributed by atoms with Crippen molar-refractivity contribution in [2.45, 2.75) is 19.4 Å². The maximum atomic E-state index is 12.0. The highest BCUT2D eigenvalue weighted by molar-refractivity contribution is 14.1. The lowest BCUT2D eigenvalue weighted by atomic mass is 10.1. The minimum Gasteiger partial charge on any atom is -0.382 e. The molecular formula is C12H16INO2. The van der Waals surface area contributed by atoms with Crippen molar-refractivity contribution >= 4 is 28.5 Å². The van der Waals surface area contributed by atoms with Crippen molar-refractivity contribution < 1.29 is 9.53 Å². The van der Waals surface area contributed by atoms with Gasteiger partial charge in [0.25, 0.3) is 5.91 Å². The van der Waals surface area contributed by atoms with Crippen LogP contribution in [0, 0.1) is 3.57 Å². The van der Waals surface area contributed by atoms with Gasteiger partial charge in [0.15, 0.2) is 0 Å². The van der Waals surface area contributed by atoms with Gasteiger partial charge in [-0.3, -0.25) is 4.79 Å². The van der Waals surface area contributed by atoms with Gasteiger partial charge in [-0.2, -0.15) is 0 Å². The average Bonchev–Trinajstić information content (AvgIpc) is 2.17. The lowest BCUT2D eigenvalue weighted by Crippen LogP contribution is -2.46. The Bertz CT molecular complexity index is 377. The molecule has 0 heterocycles. The van der Waals surface area contributed by atoms with Gasteiger partial charge in [-0.25, -0.2) is 0 Å². The Morgan fingerprint density at radius 3 is 2.62 bits per heavy atom. The van der Waals surface area contributed by atoms with Crippen molar-refractivity contribution in [1.29, 1.82) is 0 Å². The van der Waals surface area contributed by atoms with Gasteiger partial charge in [0, 0.05) is 10.7 Å². The zero-order valence-electron chi connectivity index (χ0n) is 9.71. The molecule has 0 aliphatic heterocycles. The maximum absolute atomic E-state index is 12.0. The third-order valence-electron chi connectivity index (χ3n) is 2.08. The Morgan fingerprint density at radius 2 is 2.06 bits per heavy atom. The van der Waals surface area contributed by atoms with Gasteiger partial charge in [-0.15, -0.1) is 0 Å². The molecule has 0 saturated heterocycles. The first-order chi connectivity index (χ1) is 7.46. The van der Waals surface area contributed by atoms with E-state index in [1.165, 1.54) is 0 Å². The van der Waals surface area contributed by atoms with Gasteiger partial charge >= 0.3 is 0 Å². The van der Waals surface area contributed by atoms with Crippen LogP contribution in [0.3, 0.4) is 0 Å². The fraction of sp³-hybridized carbons (Fsp3) is 0.417. The monoisotopic (exact) mass is 333 g/mol. The van der Waals surface area contributed by atoms with Crippen LogP contribution in [0.1, 0.15) is 24.2 Å². The molecule has 0 spiro atoms. The second-order valence-electron chi connectivity index (χ2n) is 4.25. The smallest absolute Gasteiger partial charge is 0.252 e. The number of halogens is 1. The molecule has 1 rings (SSSR count). The predicted octanol–water partition coefficient (Wildman–Crippen LogP) is 2.45. The Hall–Kier alpha value is -0.620. The van der Waals surface area contributed by atoms with Crippen molar-refractivity contribution in [3.8, 4) is 0 Å². The van der Waals surface area contributed by atoms with E-state index in [0.29, 0.717) is 12.2 Å². The number of rotatable bonds is 4. The Labute approximate surface area is 110 Å². The van der Waals surface area contributed by atoms with E-state index in [2.05, 4.69) is 27.9 Å². The molecule has 0 aliphatic carbocycles. The van der Waals surface area contributed by atoms with E-state index < -0.39 is 0 Å². The summed E-state index contributed by atoms with van der Waals surface area (Å²) in [6, 6.07) is 7.51. The number of hydrogen-bond acceptors (Lipinski definition) is 2. The Balaban J connectivity index is 2.77. The van der Waals surface area contributed by atoms with Crippen molar-refractivity contribution in [3.63, 3.8) is 0 Å². The topological polar surface area (TPSA) is 38.3 Å². The molecule has 4 heteroatoms. The van der Waals surface area contributed by atoms with Crippen LogP contribution >= 0.6 is 22.6 Å². The van der Waals surface area contributed by atoms with E-state index in [0.717, 1.165) is 3.57 Å². The summed E-state index contributed by atoms with van der Waals surface area (Å²) in [7, 11) is 1.63. The lowest BCUT2D eigenvalue weighted by molar-refractivity contribution is 0.0819. The van der Waals surface area contributed by atoms with E-state index in [4.69, 9.17) is 4.74 Å². The molecule has 0 bridgehead atoms. The third kappa shape index (κ3) is 3.75. The standard InChI is InChI=1S/C12H16INO2/c1-12(2,8-16-3)14-11(15)9-6-4-5-7-10(9)13/h4-7H,8H2,1-3H3,(H,14,15). The fourth-order valence-corrected chi connectivity index (χ4v) is 2.05. The molecule has 0 saturated carbocycles. The van der Waals surface area contributed by atoms with Crippen LogP contribution in [0.15, 0.2) is 24.3 Å². The molecule has 0 aromatic heterocycles. The van der Waals surface area contributed by atoms with Crippen LogP contribution in [0.25, 0.3) is 0 Å². The molecular weight excluding hydrogens is 317 g/mol. The van der Waals surface area contributed by atoms with Gasteiger partial charge in [0.05, 0.1) is 17.7 Å². The second kappa shape index (κ2) is 5.63. The number of amides is 1. The van der Waals surface area contributed by atoms with E-state index >= 15 is 0 Å². The average molecular weight is 333 g/mol. The molecule has 0 aliphatic rings. The Morgan fingerprint density at radius 1 is 1.44 bits per heavy atom. The zero-order valence-corrected chi connectivity index (χ0v) is 11.9. The summed E-state index contributed by atoms with van der Waals surface area (Å²) in [6.07, 6.45) is 0. The molecule has 16 heavy (non-hydrogen) atoms. The van der Waals surface area contributed by atoms with E-state index in [1.54, 1.807) is 7.11 Å². The van der Waals surface area contributed by atoms with Gasteiger partial charge in [0.1, 0.15) is 0 Å². The molecule has 0 fully saturated rings. The van der Waals surface area contributed by atoms with Gasteiger partial charge < -0.3 is 10.1 Å². The highest BCUT2D eigenvalue weighted by Crippen LogP contribution is 2.13. The predicted molar refractivity (Wildman–Crippen MR) is 72.6 cm³/mol. The number of hydrogen-bond donors (Lipinski definition) is 1. The molecule has 1 amide bonds. The van der Waals surface area contributed by atoms with E-state index in [9.17, 15) is 4.79 Å². The number of methoxy groups -OCH3 is 1. The van der Waals surface area contributed by atoms with Crippen molar-refractivity contribution in [1.82, 2.24) is 5.32 Å². The van der Waals surface area contributed by atoms with Crippen molar-refractivity contribution in [2.24, 2.45) is 0 Å².